The number of hydrogen-bond acceptors (Lipinski definition) is 3. The molecule has 0 aliphatic heterocycles. The zero-order valence-electron chi connectivity index (χ0n) is 10.5. The smallest absolute Gasteiger partial charge is 0.137 e. The number of aromatic amines is 1. The second-order valence-electron chi connectivity index (χ2n) is 5.79. The summed E-state index contributed by atoms with van der Waals surface area (Å²) in [6.45, 7) is 8.06. The second kappa shape index (κ2) is 4.53. The third-order valence-corrected chi connectivity index (χ3v) is 3.57. The highest BCUT2D eigenvalue weighted by Gasteiger charge is 2.35. The predicted octanol–water partition coefficient (Wildman–Crippen LogP) is 1.76. The Labute approximate surface area is 97.2 Å². The lowest BCUT2D eigenvalue weighted by Gasteiger charge is -2.18. The molecule has 1 heterocycles. The summed E-state index contributed by atoms with van der Waals surface area (Å²) in [5.74, 6) is 1.75. The molecule has 1 fully saturated rings. The van der Waals surface area contributed by atoms with Crippen LogP contribution in [0.5, 0.6) is 0 Å². The maximum absolute atomic E-state index is 4.12. The van der Waals surface area contributed by atoms with Crippen LogP contribution in [0.15, 0.2) is 6.33 Å². The fraction of sp³-hybridized carbons (Fsp3) is 0.833. The van der Waals surface area contributed by atoms with E-state index in [4.69, 9.17) is 0 Å². The molecule has 16 heavy (non-hydrogen) atoms. The molecule has 0 bridgehead atoms. The van der Waals surface area contributed by atoms with E-state index < -0.39 is 0 Å². The number of aromatic nitrogens is 3. The Hall–Kier alpha value is -0.900. The molecule has 1 saturated carbocycles. The van der Waals surface area contributed by atoms with Crippen molar-refractivity contribution < 1.29 is 0 Å². The largest absolute Gasteiger partial charge is 0.313 e. The first-order chi connectivity index (χ1) is 7.57. The van der Waals surface area contributed by atoms with E-state index in [1.807, 2.05) is 0 Å². The van der Waals surface area contributed by atoms with E-state index >= 15 is 0 Å². The lowest BCUT2D eigenvalue weighted by molar-refractivity contribution is 0.362. The molecule has 0 aromatic carbocycles. The summed E-state index contributed by atoms with van der Waals surface area (Å²) >= 11 is 0. The van der Waals surface area contributed by atoms with E-state index in [0.717, 1.165) is 24.7 Å². The molecular formula is C12H22N4. The third kappa shape index (κ3) is 2.82. The van der Waals surface area contributed by atoms with E-state index in [0.29, 0.717) is 11.5 Å². The summed E-state index contributed by atoms with van der Waals surface area (Å²) in [5.41, 5.74) is 0.503. The second-order valence-corrected chi connectivity index (χ2v) is 5.79. The molecular weight excluding hydrogens is 200 g/mol. The van der Waals surface area contributed by atoms with Crippen LogP contribution in [0.1, 0.15) is 39.4 Å². The minimum atomic E-state index is 0.503. The number of nitrogens with one attached hydrogen (secondary N) is 2. The molecule has 2 atom stereocenters. The predicted molar refractivity (Wildman–Crippen MR) is 64.1 cm³/mol. The van der Waals surface area contributed by atoms with Crippen LogP contribution in [0.2, 0.25) is 0 Å². The Balaban J connectivity index is 1.74. The SMILES string of the molecule is CC1CC(C)(C)CC1NCCc1ncn[nH]1. The number of hydrogen-bond donors (Lipinski definition) is 2. The van der Waals surface area contributed by atoms with Crippen molar-refractivity contribution in [1.29, 1.82) is 0 Å². The Kier molecular flexibility index (Phi) is 3.28. The number of rotatable bonds is 4. The summed E-state index contributed by atoms with van der Waals surface area (Å²) < 4.78 is 0. The molecule has 2 rings (SSSR count). The average Bonchev–Trinajstić information content (AvgIpc) is 2.75. The first-order valence-electron chi connectivity index (χ1n) is 6.14. The van der Waals surface area contributed by atoms with E-state index in [1.165, 1.54) is 12.8 Å². The monoisotopic (exact) mass is 222 g/mol. The molecule has 0 saturated heterocycles. The van der Waals surface area contributed by atoms with Crippen molar-refractivity contribution in [2.24, 2.45) is 11.3 Å². The normalized spacial score (nSPS) is 28.4. The highest BCUT2D eigenvalue weighted by atomic mass is 15.2. The topological polar surface area (TPSA) is 53.6 Å². The molecule has 0 spiro atoms. The van der Waals surface area contributed by atoms with Gasteiger partial charge < -0.3 is 5.32 Å². The van der Waals surface area contributed by atoms with Crippen LogP contribution in [0, 0.1) is 11.3 Å². The number of nitrogens with zero attached hydrogens (tertiary/aromatic N) is 2. The standard InChI is InChI=1S/C12H22N4/c1-9-6-12(2,3)7-10(9)13-5-4-11-14-8-15-16-11/h8-10,13H,4-7H2,1-3H3,(H,14,15,16). The summed E-state index contributed by atoms with van der Waals surface area (Å²) in [5, 5.41) is 10.4. The minimum absolute atomic E-state index is 0.503. The van der Waals surface area contributed by atoms with Gasteiger partial charge in [0.15, 0.2) is 0 Å². The van der Waals surface area contributed by atoms with Crippen LogP contribution >= 0.6 is 0 Å². The van der Waals surface area contributed by atoms with Gasteiger partial charge in [0.25, 0.3) is 0 Å². The van der Waals surface area contributed by atoms with Gasteiger partial charge in [-0.25, -0.2) is 4.98 Å². The van der Waals surface area contributed by atoms with Gasteiger partial charge in [0.05, 0.1) is 0 Å². The van der Waals surface area contributed by atoms with Crippen LogP contribution in [-0.4, -0.2) is 27.8 Å². The molecule has 0 amide bonds. The van der Waals surface area contributed by atoms with Gasteiger partial charge in [-0.1, -0.05) is 20.8 Å². The van der Waals surface area contributed by atoms with Gasteiger partial charge in [0, 0.05) is 19.0 Å². The van der Waals surface area contributed by atoms with Crippen LogP contribution < -0.4 is 5.32 Å². The van der Waals surface area contributed by atoms with Crippen molar-refractivity contribution in [3.8, 4) is 0 Å². The maximum Gasteiger partial charge on any atom is 0.137 e. The van der Waals surface area contributed by atoms with E-state index in [9.17, 15) is 0 Å². The van der Waals surface area contributed by atoms with Crippen molar-refractivity contribution in [2.75, 3.05) is 6.54 Å². The van der Waals surface area contributed by atoms with Gasteiger partial charge in [-0.3, -0.25) is 5.10 Å². The highest BCUT2D eigenvalue weighted by molar-refractivity contribution is 4.92. The maximum atomic E-state index is 4.12. The van der Waals surface area contributed by atoms with Gasteiger partial charge in [0.2, 0.25) is 0 Å². The zero-order valence-corrected chi connectivity index (χ0v) is 10.5. The Morgan fingerprint density at radius 3 is 2.88 bits per heavy atom. The van der Waals surface area contributed by atoms with Crippen molar-refractivity contribution in [2.45, 2.75) is 46.1 Å². The minimum Gasteiger partial charge on any atom is -0.313 e. The zero-order chi connectivity index (χ0) is 11.6. The molecule has 2 N–H and O–H groups in total. The Bertz CT molecular complexity index is 318. The quantitative estimate of drug-likeness (QED) is 0.816. The lowest BCUT2D eigenvalue weighted by atomic mass is 9.91. The highest BCUT2D eigenvalue weighted by Crippen LogP contribution is 2.40. The molecule has 4 heteroatoms. The van der Waals surface area contributed by atoms with Gasteiger partial charge in [-0.2, -0.15) is 5.10 Å². The molecule has 0 radical (unpaired) electrons. The first-order valence-corrected chi connectivity index (χ1v) is 6.14. The lowest BCUT2D eigenvalue weighted by Crippen LogP contribution is -2.33. The summed E-state index contributed by atoms with van der Waals surface area (Å²) in [7, 11) is 0. The third-order valence-electron chi connectivity index (χ3n) is 3.57. The summed E-state index contributed by atoms with van der Waals surface area (Å²) in [4.78, 5) is 4.12. The van der Waals surface area contributed by atoms with Crippen LogP contribution in [0.25, 0.3) is 0 Å². The van der Waals surface area contributed by atoms with Crippen LogP contribution in [-0.2, 0) is 6.42 Å². The Morgan fingerprint density at radius 2 is 2.31 bits per heavy atom. The molecule has 1 aliphatic carbocycles. The van der Waals surface area contributed by atoms with Crippen LogP contribution in [0.3, 0.4) is 0 Å². The van der Waals surface area contributed by atoms with E-state index in [1.54, 1.807) is 6.33 Å². The molecule has 4 nitrogen and oxygen atoms in total. The molecule has 90 valence electrons. The van der Waals surface area contributed by atoms with Crippen LogP contribution in [0.4, 0.5) is 0 Å². The average molecular weight is 222 g/mol. The van der Waals surface area contributed by atoms with Gasteiger partial charge >= 0.3 is 0 Å². The van der Waals surface area contributed by atoms with Crippen molar-refractivity contribution >= 4 is 0 Å². The summed E-state index contributed by atoms with van der Waals surface area (Å²) in [6.07, 6.45) is 5.11. The number of H-pyrrole nitrogens is 1. The van der Waals surface area contributed by atoms with Crippen molar-refractivity contribution in [1.82, 2.24) is 20.5 Å². The molecule has 1 aromatic rings. The molecule has 1 aliphatic rings. The van der Waals surface area contributed by atoms with E-state index in [2.05, 4.69) is 41.3 Å². The first kappa shape index (κ1) is 11.6. The van der Waals surface area contributed by atoms with Gasteiger partial charge in [0.1, 0.15) is 12.2 Å². The van der Waals surface area contributed by atoms with Gasteiger partial charge in [-0.15, -0.1) is 0 Å². The van der Waals surface area contributed by atoms with Gasteiger partial charge in [-0.05, 0) is 24.2 Å². The van der Waals surface area contributed by atoms with Crippen molar-refractivity contribution in [3.63, 3.8) is 0 Å². The molecule has 1 aromatic heterocycles. The fourth-order valence-electron chi connectivity index (χ4n) is 2.89. The Morgan fingerprint density at radius 1 is 1.50 bits per heavy atom. The van der Waals surface area contributed by atoms with Crippen molar-refractivity contribution in [3.05, 3.63) is 12.2 Å². The van der Waals surface area contributed by atoms with E-state index in [-0.39, 0.29) is 0 Å². The summed E-state index contributed by atoms with van der Waals surface area (Å²) in [6, 6.07) is 0.665. The molecule has 2 unspecified atom stereocenters. The fourth-order valence-corrected chi connectivity index (χ4v) is 2.89.